The molecule has 0 atom stereocenters. The van der Waals surface area contributed by atoms with E-state index in [0.29, 0.717) is 25.7 Å². The molecule has 0 aromatic heterocycles. The zero-order valence-corrected chi connectivity index (χ0v) is 16.8. The first kappa shape index (κ1) is 20.4. The van der Waals surface area contributed by atoms with Crippen molar-refractivity contribution in [1.29, 1.82) is 0 Å². The first-order valence-electron chi connectivity index (χ1n) is 8.99. The molecule has 0 saturated heterocycles. The van der Waals surface area contributed by atoms with Gasteiger partial charge in [-0.25, -0.2) is 0 Å². The fourth-order valence-corrected chi connectivity index (χ4v) is 2.68. The van der Waals surface area contributed by atoms with Gasteiger partial charge in [0.1, 0.15) is 5.75 Å². The number of rotatable bonds is 8. The monoisotopic (exact) mass is 371 g/mol. The number of hydrogen-bond donors (Lipinski definition) is 2. The largest absolute Gasteiger partial charge is 0.496 e. The average molecular weight is 371 g/mol. The number of ether oxygens (including phenoxy) is 3. The van der Waals surface area contributed by atoms with Gasteiger partial charge in [0.15, 0.2) is 17.5 Å². The maximum Gasteiger partial charge on any atom is 0.191 e. The van der Waals surface area contributed by atoms with Crippen molar-refractivity contribution in [2.75, 3.05) is 27.9 Å². The van der Waals surface area contributed by atoms with Crippen LogP contribution in [0.15, 0.2) is 41.4 Å². The predicted octanol–water partition coefficient (Wildman–Crippen LogP) is 3.28. The van der Waals surface area contributed by atoms with Crippen molar-refractivity contribution >= 4 is 5.96 Å². The van der Waals surface area contributed by atoms with Crippen LogP contribution >= 0.6 is 0 Å². The van der Waals surface area contributed by atoms with Crippen molar-refractivity contribution in [2.45, 2.75) is 26.9 Å². The Bertz CT molecular complexity index is 775. The van der Waals surface area contributed by atoms with Gasteiger partial charge >= 0.3 is 0 Å². The Hall–Kier alpha value is -2.89. The molecule has 0 saturated carbocycles. The summed E-state index contributed by atoms with van der Waals surface area (Å²) in [6, 6.07) is 12.1. The highest BCUT2D eigenvalue weighted by atomic mass is 16.5. The third-order valence-electron chi connectivity index (χ3n) is 4.10. The van der Waals surface area contributed by atoms with E-state index in [0.717, 1.165) is 28.4 Å². The molecule has 0 aliphatic carbocycles. The van der Waals surface area contributed by atoms with E-state index in [-0.39, 0.29) is 0 Å². The van der Waals surface area contributed by atoms with Gasteiger partial charge < -0.3 is 24.8 Å². The standard InChI is InChI=1S/C21H29N3O3/c1-6-27-18-10-8-16(12-20(18)26-5)13-23-21(22-3)24-14-17-9-7-15(2)11-19(17)25-4/h7-12H,6,13-14H2,1-5H3,(H2,22,23,24). The molecule has 0 bridgehead atoms. The van der Waals surface area contributed by atoms with E-state index in [2.05, 4.69) is 27.8 Å². The molecule has 27 heavy (non-hydrogen) atoms. The second-order valence-electron chi connectivity index (χ2n) is 6.01. The number of benzene rings is 2. The van der Waals surface area contributed by atoms with Crippen LogP contribution in [0.2, 0.25) is 0 Å². The van der Waals surface area contributed by atoms with E-state index in [9.17, 15) is 0 Å². The molecule has 2 N–H and O–H groups in total. The SMILES string of the molecule is CCOc1ccc(CNC(=NC)NCc2ccc(C)cc2OC)cc1OC. The quantitative estimate of drug-likeness (QED) is 0.551. The van der Waals surface area contributed by atoms with Gasteiger partial charge in [-0.3, -0.25) is 4.99 Å². The molecule has 2 rings (SSSR count). The van der Waals surface area contributed by atoms with E-state index in [1.165, 1.54) is 5.56 Å². The van der Waals surface area contributed by atoms with Gasteiger partial charge in [-0.1, -0.05) is 18.2 Å². The zero-order valence-electron chi connectivity index (χ0n) is 16.8. The van der Waals surface area contributed by atoms with Gasteiger partial charge in [0.25, 0.3) is 0 Å². The third kappa shape index (κ3) is 5.81. The van der Waals surface area contributed by atoms with Crippen molar-refractivity contribution in [3.8, 4) is 17.2 Å². The number of aliphatic imine (C=N–C) groups is 1. The van der Waals surface area contributed by atoms with Gasteiger partial charge in [0.2, 0.25) is 0 Å². The Kier molecular flexibility index (Phi) is 7.79. The Labute approximate surface area is 161 Å². The Balaban J connectivity index is 1.96. The molecule has 6 nitrogen and oxygen atoms in total. The molecule has 0 aliphatic rings. The van der Waals surface area contributed by atoms with Gasteiger partial charge in [-0.2, -0.15) is 0 Å². The van der Waals surface area contributed by atoms with Crippen LogP contribution in [0.25, 0.3) is 0 Å². The minimum Gasteiger partial charge on any atom is -0.496 e. The maximum absolute atomic E-state index is 5.55. The highest BCUT2D eigenvalue weighted by Crippen LogP contribution is 2.28. The molecule has 0 spiro atoms. The van der Waals surface area contributed by atoms with Crippen molar-refractivity contribution in [3.63, 3.8) is 0 Å². The summed E-state index contributed by atoms with van der Waals surface area (Å²) in [5.41, 5.74) is 3.32. The van der Waals surface area contributed by atoms with Crippen molar-refractivity contribution in [1.82, 2.24) is 10.6 Å². The lowest BCUT2D eigenvalue weighted by molar-refractivity contribution is 0.310. The van der Waals surface area contributed by atoms with Crippen LogP contribution in [-0.4, -0.2) is 33.8 Å². The Morgan fingerprint density at radius 2 is 1.67 bits per heavy atom. The summed E-state index contributed by atoms with van der Waals surface area (Å²) in [7, 11) is 5.08. The summed E-state index contributed by atoms with van der Waals surface area (Å²) in [6.07, 6.45) is 0. The van der Waals surface area contributed by atoms with Gasteiger partial charge in [0, 0.05) is 25.7 Å². The molecule has 0 amide bonds. The number of aryl methyl sites for hydroxylation is 1. The average Bonchev–Trinajstić information content (AvgIpc) is 2.69. The summed E-state index contributed by atoms with van der Waals surface area (Å²) in [5.74, 6) is 3.06. The minimum absolute atomic E-state index is 0.604. The molecular weight excluding hydrogens is 342 g/mol. The fraction of sp³-hybridized carbons (Fsp3) is 0.381. The molecule has 0 radical (unpaired) electrons. The third-order valence-corrected chi connectivity index (χ3v) is 4.10. The van der Waals surface area contributed by atoms with E-state index < -0.39 is 0 Å². The molecular formula is C21H29N3O3. The van der Waals surface area contributed by atoms with Crippen molar-refractivity contribution in [2.24, 2.45) is 4.99 Å². The van der Waals surface area contributed by atoms with Crippen molar-refractivity contribution < 1.29 is 14.2 Å². The number of nitrogens with zero attached hydrogens (tertiary/aromatic N) is 1. The highest BCUT2D eigenvalue weighted by Gasteiger charge is 2.07. The summed E-state index contributed by atoms with van der Waals surface area (Å²) in [4.78, 5) is 4.28. The van der Waals surface area contributed by atoms with Crippen LogP contribution in [0.3, 0.4) is 0 Å². The summed E-state index contributed by atoms with van der Waals surface area (Å²) in [6.45, 7) is 5.84. The van der Waals surface area contributed by atoms with E-state index >= 15 is 0 Å². The van der Waals surface area contributed by atoms with E-state index in [4.69, 9.17) is 14.2 Å². The summed E-state index contributed by atoms with van der Waals surface area (Å²) in [5, 5.41) is 6.62. The zero-order chi connectivity index (χ0) is 19.6. The first-order valence-corrected chi connectivity index (χ1v) is 8.99. The number of methoxy groups -OCH3 is 2. The maximum atomic E-state index is 5.55. The lowest BCUT2D eigenvalue weighted by Crippen LogP contribution is -2.36. The Morgan fingerprint density at radius 1 is 0.926 bits per heavy atom. The van der Waals surface area contributed by atoms with Crippen molar-refractivity contribution in [3.05, 3.63) is 53.1 Å². The van der Waals surface area contributed by atoms with Crippen LogP contribution in [-0.2, 0) is 13.1 Å². The van der Waals surface area contributed by atoms with Gasteiger partial charge in [0.05, 0.1) is 20.8 Å². The number of hydrogen-bond acceptors (Lipinski definition) is 4. The molecule has 0 fully saturated rings. The topological polar surface area (TPSA) is 64.1 Å². The molecule has 146 valence electrons. The normalized spacial score (nSPS) is 11.1. The van der Waals surface area contributed by atoms with Crippen LogP contribution < -0.4 is 24.8 Å². The lowest BCUT2D eigenvalue weighted by Gasteiger charge is -2.15. The van der Waals surface area contributed by atoms with Crippen LogP contribution in [0.5, 0.6) is 17.2 Å². The Morgan fingerprint density at radius 3 is 2.33 bits per heavy atom. The summed E-state index contributed by atoms with van der Waals surface area (Å²) < 4.78 is 16.4. The number of guanidine groups is 1. The fourth-order valence-electron chi connectivity index (χ4n) is 2.68. The second kappa shape index (κ2) is 10.3. The second-order valence-corrected chi connectivity index (χ2v) is 6.01. The molecule has 0 unspecified atom stereocenters. The van der Waals surface area contributed by atoms with E-state index in [1.54, 1.807) is 21.3 Å². The smallest absolute Gasteiger partial charge is 0.191 e. The van der Waals surface area contributed by atoms with Crippen LogP contribution in [0, 0.1) is 6.92 Å². The number of nitrogens with one attached hydrogen (secondary N) is 2. The molecule has 6 heteroatoms. The molecule has 0 aliphatic heterocycles. The minimum atomic E-state index is 0.604. The van der Waals surface area contributed by atoms with Gasteiger partial charge in [-0.15, -0.1) is 0 Å². The van der Waals surface area contributed by atoms with Crippen LogP contribution in [0.4, 0.5) is 0 Å². The first-order chi connectivity index (χ1) is 13.1. The lowest BCUT2D eigenvalue weighted by atomic mass is 10.1. The summed E-state index contributed by atoms with van der Waals surface area (Å²) >= 11 is 0. The molecule has 0 heterocycles. The molecule has 2 aromatic carbocycles. The predicted molar refractivity (Wildman–Crippen MR) is 109 cm³/mol. The highest BCUT2D eigenvalue weighted by molar-refractivity contribution is 5.79. The van der Waals surface area contributed by atoms with E-state index in [1.807, 2.05) is 38.1 Å². The molecule has 2 aromatic rings. The van der Waals surface area contributed by atoms with Gasteiger partial charge in [-0.05, 0) is 43.2 Å². The van der Waals surface area contributed by atoms with Crippen LogP contribution in [0.1, 0.15) is 23.6 Å².